The lowest BCUT2D eigenvalue weighted by atomic mass is 10.3. The first kappa shape index (κ1) is 10.7. The molecule has 0 bridgehead atoms. The molecule has 0 aliphatic rings. The van der Waals surface area contributed by atoms with Gasteiger partial charge in [0.1, 0.15) is 0 Å². The van der Waals surface area contributed by atoms with Crippen LogP contribution in [0.25, 0.3) is 0 Å². The van der Waals surface area contributed by atoms with Gasteiger partial charge in [0.05, 0.1) is 0 Å². The predicted octanol–water partition coefficient (Wildman–Crippen LogP) is 2.90. The molecule has 0 aromatic rings. The van der Waals surface area contributed by atoms with Crippen LogP contribution in [0.1, 0.15) is 13.3 Å². The second-order valence-corrected chi connectivity index (χ2v) is 7.27. The number of hydrogen-bond acceptors (Lipinski definition) is 1. The van der Waals surface area contributed by atoms with Crippen molar-refractivity contribution in [1.29, 1.82) is 0 Å². The van der Waals surface area contributed by atoms with Crippen LogP contribution in [-0.4, -0.2) is 14.9 Å². The zero-order valence-electron chi connectivity index (χ0n) is 7.81. The second kappa shape index (κ2) is 4.52. The molecule has 0 aliphatic heterocycles. The molecule has 0 amide bonds. The van der Waals surface area contributed by atoms with E-state index in [2.05, 4.69) is 26.3 Å². The van der Waals surface area contributed by atoms with Crippen molar-refractivity contribution in [2.45, 2.75) is 26.4 Å². The van der Waals surface area contributed by atoms with E-state index in [9.17, 15) is 0 Å². The van der Waals surface area contributed by atoms with E-state index in [0.29, 0.717) is 0 Å². The molecular weight excluding hydrogens is 152 g/mol. The van der Waals surface area contributed by atoms with Crippen LogP contribution in [0.4, 0.5) is 0 Å². The van der Waals surface area contributed by atoms with Gasteiger partial charge in [-0.3, -0.25) is 0 Å². The van der Waals surface area contributed by atoms with Gasteiger partial charge in [-0.2, -0.15) is 0 Å². The fourth-order valence-corrected chi connectivity index (χ4v) is 1.29. The summed E-state index contributed by atoms with van der Waals surface area (Å²) in [5, 5.41) is 0. The lowest BCUT2D eigenvalue weighted by Crippen LogP contribution is -2.27. The van der Waals surface area contributed by atoms with Crippen LogP contribution in [-0.2, 0) is 4.43 Å². The Hall–Kier alpha value is -0.343. The maximum absolute atomic E-state index is 5.65. The first-order chi connectivity index (χ1) is 4.98. The van der Waals surface area contributed by atoms with Gasteiger partial charge in [0, 0.05) is 6.61 Å². The van der Waals surface area contributed by atoms with Crippen molar-refractivity contribution >= 4 is 8.32 Å². The van der Waals surface area contributed by atoms with Crippen molar-refractivity contribution in [3.05, 3.63) is 24.4 Å². The van der Waals surface area contributed by atoms with E-state index in [1.165, 1.54) is 5.57 Å². The molecule has 64 valence electrons. The van der Waals surface area contributed by atoms with Gasteiger partial charge in [0.2, 0.25) is 8.32 Å². The zero-order chi connectivity index (χ0) is 8.91. The normalized spacial score (nSPS) is 11.2. The fourth-order valence-electron chi connectivity index (χ4n) is 0.547. The molecule has 0 atom stereocenters. The summed E-state index contributed by atoms with van der Waals surface area (Å²) in [5.74, 6) is 0. The van der Waals surface area contributed by atoms with Gasteiger partial charge < -0.3 is 4.43 Å². The summed E-state index contributed by atoms with van der Waals surface area (Å²) < 4.78 is 5.65. The molecule has 11 heavy (non-hydrogen) atoms. The Morgan fingerprint density at radius 1 is 1.55 bits per heavy atom. The van der Waals surface area contributed by atoms with Crippen molar-refractivity contribution < 1.29 is 4.43 Å². The van der Waals surface area contributed by atoms with E-state index in [1.54, 1.807) is 0 Å². The van der Waals surface area contributed by atoms with E-state index in [4.69, 9.17) is 4.43 Å². The Balaban J connectivity index is 3.53. The maximum Gasteiger partial charge on any atom is 0.210 e. The van der Waals surface area contributed by atoms with Crippen LogP contribution < -0.4 is 0 Å². The zero-order valence-corrected chi connectivity index (χ0v) is 8.81. The molecule has 0 heterocycles. The smallest absolute Gasteiger partial charge is 0.210 e. The quantitative estimate of drug-likeness (QED) is 0.455. The molecule has 0 unspecified atom stereocenters. The van der Waals surface area contributed by atoms with Crippen molar-refractivity contribution in [3.63, 3.8) is 0 Å². The topological polar surface area (TPSA) is 9.23 Å². The Labute approximate surface area is 70.9 Å². The van der Waals surface area contributed by atoms with Crippen molar-refractivity contribution in [1.82, 2.24) is 0 Å². The highest BCUT2D eigenvalue weighted by atomic mass is 28.4. The SMILES string of the molecule is C=C[Si](C)(C)OCCC(=C)C. The molecule has 0 aliphatic carbocycles. The van der Waals surface area contributed by atoms with Crippen LogP contribution >= 0.6 is 0 Å². The highest BCUT2D eigenvalue weighted by molar-refractivity contribution is 6.76. The summed E-state index contributed by atoms with van der Waals surface area (Å²) in [5.41, 5.74) is 3.13. The summed E-state index contributed by atoms with van der Waals surface area (Å²) >= 11 is 0. The van der Waals surface area contributed by atoms with Crippen molar-refractivity contribution in [2.75, 3.05) is 6.61 Å². The van der Waals surface area contributed by atoms with Gasteiger partial charge >= 0.3 is 0 Å². The molecule has 2 heteroatoms. The molecule has 0 aromatic carbocycles. The van der Waals surface area contributed by atoms with E-state index < -0.39 is 8.32 Å². The van der Waals surface area contributed by atoms with Crippen molar-refractivity contribution in [3.8, 4) is 0 Å². The van der Waals surface area contributed by atoms with Crippen molar-refractivity contribution in [2.24, 2.45) is 0 Å². The maximum atomic E-state index is 5.65. The molecule has 1 nitrogen and oxygen atoms in total. The summed E-state index contributed by atoms with van der Waals surface area (Å²) in [6.45, 7) is 14.6. The molecule has 0 saturated heterocycles. The highest BCUT2D eigenvalue weighted by Gasteiger charge is 2.16. The molecule has 0 rings (SSSR count). The summed E-state index contributed by atoms with van der Waals surface area (Å²) in [4.78, 5) is 0. The average molecular weight is 170 g/mol. The number of rotatable bonds is 5. The minimum Gasteiger partial charge on any atom is -0.413 e. The van der Waals surface area contributed by atoms with Crippen LogP contribution in [0.3, 0.4) is 0 Å². The minimum absolute atomic E-state index is 0.792. The van der Waals surface area contributed by atoms with E-state index in [1.807, 2.05) is 12.6 Å². The van der Waals surface area contributed by atoms with E-state index in [0.717, 1.165) is 13.0 Å². The van der Waals surface area contributed by atoms with Gasteiger partial charge in [0.15, 0.2) is 0 Å². The fraction of sp³-hybridized carbons (Fsp3) is 0.556. The minimum atomic E-state index is -1.52. The van der Waals surface area contributed by atoms with Crippen LogP contribution in [0.5, 0.6) is 0 Å². The summed E-state index contributed by atoms with van der Waals surface area (Å²) in [6, 6.07) is 0. The lowest BCUT2D eigenvalue weighted by molar-refractivity contribution is 0.319. The first-order valence-electron chi connectivity index (χ1n) is 3.90. The van der Waals surface area contributed by atoms with Gasteiger partial charge in [-0.1, -0.05) is 11.3 Å². The second-order valence-electron chi connectivity index (χ2n) is 3.36. The summed E-state index contributed by atoms with van der Waals surface area (Å²) in [6.07, 6.45) is 0.963. The Bertz CT molecular complexity index is 150. The molecular formula is C9H18OSi. The largest absolute Gasteiger partial charge is 0.413 e. The third-order valence-electron chi connectivity index (χ3n) is 1.49. The Kier molecular flexibility index (Phi) is 4.38. The van der Waals surface area contributed by atoms with Crippen LogP contribution in [0.2, 0.25) is 13.1 Å². The molecule has 0 fully saturated rings. The Morgan fingerprint density at radius 2 is 2.09 bits per heavy atom. The number of hydrogen-bond donors (Lipinski definition) is 0. The molecule has 0 N–H and O–H groups in total. The third-order valence-corrected chi connectivity index (χ3v) is 3.43. The van der Waals surface area contributed by atoms with Gasteiger partial charge in [0.25, 0.3) is 0 Å². The average Bonchev–Trinajstić information content (AvgIpc) is 1.87. The molecule has 0 radical (unpaired) electrons. The van der Waals surface area contributed by atoms with Gasteiger partial charge in [-0.15, -0.1) is 13.2 Å². The third kappa shape index (κ3) is 6.07. The van der Waals surface area contributed by atoms with E-state index in [-0.39, 0.29) is 0 Å². The lowest BCUT2D eigenvalue weighted by Gasteiger charge is -2.17. The highest BCUT2D eigenvalue weighted by Crippen LogP contribution is 2.06. The van der Waals surface area contributed by atoms with E-state index >= 15 is 0 Å². The van der Waals surface area contributed by atoms with Gasteiger partial charge in [-0.25, -0.2) is 0 Å². The first-order valence-corrected chi connectivity index (χ1v) is 6.88. The van der Waals surface area contributed by atoms with Gasteiger partial charge in [-0.05, 0) is 26.4 Å². The molecule has 0 spiro atoms. The monoisotopic (exact) mass is 170 g/mol. The van der Waals surface area contributed by atoms with Crippen LogP contribution in [0.15, 0.2) is 24.4 Å². The Morgan fingerprint density at radius 3 is 2.45 bits per heavy atom. The molecule has 0 saturated carbocycles. The predicted molar refractivity (Wildman–Crippen MR) is 53.1 cm³/mol. The molecule has 0 aromatic heterocycles. The standard InChI is InChI=1S/C9H18OSi/c1-6-11(4,5)10-8-7-9(2)3/h6H,1-2,7-8H2,3-5H3. The summed E-state index contributed by atoms with van der Waals surface area (Å²) in [7, 11) is -1.52. The van der Waals surface area contributed by atoms with Crippen LogP contribution in [0, 0.1) is 0 Å².